The first-order valence-corrected chi connectivity index (χ1v) is 20.5. The largest absolute Gasteiger partial charge is 0.472 e. The van der Waals surface area contributed by atoms with Crippen LogP contribution in [0.15, 0.2) is 49.2 Å². The van der Waals surface area contributed by atoms with Crippen LogP contribution in [0.5, 0.6) is 5.88 Å². The number of hydrogen-bond donors (Lipinski definition) is 1. The molecule has 7 rings (SSSR count). The Morgan fingerprint density at radius 2 is 1.87 bits per heavy atom. The van der Waals surface area contributed by atoms with Gasteiger partial charge < -0.3 is 14.4 Å². The molecule has 3 saturated carbocycles. The summed E-state index contributed by atoms with van der Waals surface area (Å²) in [5.74, 6) is -2.44. The number of ether oxygens (including phenoxy) is 2. The summed E-state index contributed by atoms with van der Waals surface area (Å²) >= 11 is 0. The minimum Gasteiger partial charge on any atom is -0.472 e. The highest BCUT2D eigenvalue weighted by Crippen LogP contribution is 2.57. The number of hydrogen-bond acceptors (Lipinski definition) is 9. The van der Waals surface area contributed by atoms with Gasteiger partial charge in [0.1, 0.15) is 6.10 Å². The summed E-state index contributed by atoms with van der Waals surface area (Å²) in [6.07, 6.45) is 13.5. The summed E-state index contributed by atoms with van der Waals surface area (Å²) in [6, 6.07) is 6.97. The lowest BCUT2D eigenvalue weighted by atomic mass is 9.77. The second-order valence-corrected chi connectivity index (χ2v) is 17.5. The number of sulfonamides is 1. The molecule has 2 amide bonds. The van der Waals surface area contributed by atoms with Crippen LogP contribution in [0.4, 0.5) is 0 Å². The lowest BCUT2D eigenvalue weighted by Crippen LogP contribution is -2.48. The molecule has 5 aliphatic rings. The SMILES string of the molecule is C=C[C@@H]1C[C@]1(CC(=O)[C@@H]1C[C@@H]2CN1C(=O)[C@H](C1CCCCC1)CC(=O)O[C@H](C)CC/C=C/c1ccc3ccnc(c3c1)O2)C(=O)NS(=O)(=O)C1CC1. The van der Waals surface area contributed by atoms with Crippen molar-refractivity contribution < 1.29 is 37.1 Å². The van der Waals surface area contributed by atoms with Gasteiger partial charge in [0, 0.05) is 24.4 Å². The molecular formula is C40H49N3O8S. The van der Waals surface area contributed by atoms with Crippen molar-refractivity contribution in [1.82, 2.24) is 14.6 Å². The van der Waals surface area contributed by atoms with Gasteiger partial charge in [-0.15, -0.1) is 6.58 Å². The maximum atomic E-state index is 14.8. The second kappa shape index (κ2) is 14.8. The molecule has 11 nitrogen and oxygen atoms in total. The van der Waals surface area contributed by atoms with E-state index in [1.807, 2.05) is 37.3 Å². The molecule has 1 saturated heterocycles. The Kier molecular flexibility index (Phi) is 10.3. The van der Waals surface area contributed by atoms with Crippen molar-refractivity contribution in [2.24, 2.45) is 23.2 Å². The van der Waals surface area contributed by atoms with Gasteiger partial charge in [0.2, 0.25) is 27.7 Å². The molecular weight excluding hydrogens is 683 g/mol. The van der Waals surface area contributed by atoms with Crippen molar-refractivity contribution in [1.29, 1.82) is 0 Å². The van der Waals surface area contributed by atoms with Crippen LogP contribution in [-0.4, -0.2) is 71.9 Å². The van der Waals surface area contributed by atoms with Crippen molar-refractivity contribution in [3.8, 4) is 5.88 Å². The highest BCUT2D eigenvalue weighted by atomic mass is 32.2. The third-order valence-electron chi connectivity index (χ3n) is 11.8. The van der Waals surface area contributed by atoms with E-state index in [1.165, 1.54) is 0 Å². The first-order valence-electron chi connectivity index (χ1n) is 18.9. The number of allylic oxidation sites excluding steroid dienone is 2. The molecule has 12 heteroatoms. The molecule has 3 heterocycles. The maximum Gasteiger partial charge on any atom is 0.306 e. The highest BCUT2D eigenvalue weighted by Gasteiger charge is 2.61. The van der Waals surface area contributed by atoms with E-state index in [0.717, 1.165) is 48.4 Å². The normalized spacial score (nSPS) is 30.9. The van der Waals surface area contributed by atoms with E-state index in [4.69, 9.17) is 9.47 Å². The number of esters is 1. The van der Waals surface area contributed by atoms with Gasteiger partial charge in [-0.1, -0.05) is 49.6 Å². The standard InChI is InChI=1S/C40H49N3O8S/c1-3-29-22-40(29,39(47)42-52(48,49)31-15-16-31)23-35(44)34-20-30-24-43(34)38(46)33(27-11-5-4-6-12-27)21-36(45)50-25(2)9-7-8-10-26-13-14-28-17-18-41-37(51-30)32(28)19-26/h3,8,10,13-14,17-19,25,27,29-31,33-34H,1,4-7,9,11-12,15-16,20-24H2,2H3,(H,42,47)/b10-8+/t25-,29-,30-,33+,34+,40-/m1/s1. The maximum absolute atomic E-state index is 14.8. The predicted molar refractivity (Wildman–Crippen MR) is 195 cm³/mol. The molecule has 278 valence electrons. The molecule has 4 bridgehead atoms. The molecule has 52 heavy (non-hydrogen) atoms. The van der Waals surface area contributed by atoms with Gasteiger partial charge in [0.25, 0.3) is 0 Å². The molecule has 0 radical (unpaired) electrons. The number of pyridine rings is 1. The average molecular weight is 732 g/mol. The van der Waals surface area contributed by atoms with Crippen LogP contribution in [-0.2, 0) is 33.9 Å². The summed E-state index contributed by atoms with van der Waals surface area (Å²) in [5.41, 5.74) is -0.305. The Bertz CT molecular complexity index is 1880. The molecule has 2 aromatic rings. The van der Waals surface area contributed by atoms with Gasteiger partial charge in [-0.2, -0.15) is 0 Å². The third kappa shape index (κ3) is 7.68. The number of nitrogens with one attached hydrogen (secondary N) is 1. The number of rotatable bonds is 8. The fourth-order valence-corrected chi connectivity index (χ4v) is 9.91. The summed E-state index contributed by atoms with van der Waals surface area (Å²) in [5, 5.41) is 1.15. The van der Waals surface area contributed by atoms with Gasteiger partial charge >= 0.3 is 5.97 Å². The molecule has 4 fully saturated rings. The highest BCUT2D eigenvalue weighted by molar-refractivity contribution is 7.90. The molecule has 1 aromatic carbocycles. The van der Waals surface area contributed by atoms with Gasteiger partial charge in [-0.25, -0.2) is 13.4 Å². The lowest BCUT2D eigenvalue weighted by molar-refractivity contribution is -0.155. The molecule has 3 aliphatic carbocycles. The van der Waals surface area contributed by atoms with Gasteiger partial charge in [0.15, 0.2) is 5.78 Å². The van der Waals surface area contributed by atoms with Crippen molar-refractivity contribution in [2.45, 2.75) is 114 Å². The van der Waals surface area contributed by atoms with E-state index in [2.05, 4.69) is 22.4 Å². The van der Waals surface area contributed by atoms with Crippen molar-refractivity contribution in [3.63, 3.8) is 0 Å². The third-order valence-corrected chi connectivity index (χ3v) is 13.6. The van der Waals surface area contributed by atoms with Gasteiger partial charge in [-0.05, 0) is 86.8 Å². The zero-order valence-corrected chi connectivity index (χ0v) is 30.7. The topological polar surface area (TPSA) is 149 Å². The number of fused-ring (bicyclic) bond motifs is 3. The Labute approximate surface area is 305 Å². The quantitative estimate of drug-likeness (QED) is 0.268. The summed E-state index contributed by atoms with van der Waals surface area (Å²) in [7, 11) is -3.83. The molecule has 1 aromatic heterocycles. The number of amides is 2. The fraction of sp³-hybridized carbons (Fsp3) is 0.575. The Balaban J connectivity index is 1.22. The van der Waals surface area contributed by atoms with Crippen LogP contribution in [0.3, 0.4) is 0 Å². The van der Waals surface area contributed by atoms with E-state index in [-0.39, 0.29) is 55.4 Å². The number of benzene rings is 1. The Morgan fingerprint density at radius 1 is 1.08 bits per heavy atom. The summed E-state index contributed by atoms with van der Waals surface area (Å²) < 4.78 is 40.1. The van der Waals surface area contributed by atoms with Crippen molar-refractivity contribution >= 4 is 50.4 Å². The Hall–Kier alpha value is -4.06. The van der Waals surface area contributed by atoms with E-state index in [0.29, 0.717) is 38.0 Å². The first-order chi connectivity index (χ1) is 25.0. The van der Waals surface area contributed by atoms with Crippen LogP contribution in [0.2, 0.25) is 0 Å². The van der Waals surface area contributed by atoms with Crippen LogP contribution in [0.25, 0.3) is 16.8 Å². The van der Waals surface area contributed by atoms with Crippen LogP contribution < -0.4 is 9.46 Å². The van der Waals surface area contributed by atoms with E-state index < -0.39 is 50.6 Å². The number of carbonyl (C=O) groups excluding carboxylic acids is 4. The lowest BCUT2D eigenvalue weighted by Gasteiger charge is -2.34. The van der Waals surface area contributed by atoms with E-state index >= 15 is 0 Å². The number of nitrogens with zero attached hydrogens (tertiary/aromatic N) is 2. The number of ketones is 1. The van der Waals surface area contributed by atoms with Crippen molar-refractivity contribution in [3.05, 3.63) is 54.8 Å². The molecule has 2 aliphatic heterocycles. The van der Waals surface area contributed by atoms with Crippen LogP contribution >= 0.6 is 0 Å². The fourth-order valence-electron chi connectivity index (χ4n) is 8.52. The monoisotopic (exact) mass is 731 g/mol. The average Bonchev–Trinajstić information content (AvgIpc) is 4.06. The van der Waals surface area contributed by atoms with Crippen LogP contribution in [0, 0.1) is 23.2 Å². The van der Waals surface area contributed by atoms with Crippen LogP contribution in [0.1, 0.15) is 96.0 Å². The molecule has 6 atom stereocenters. The van der Waals surface area contributed by atoms with Gasteiger partial charge in [0.05, 0.1) is 41.7 Å². The summed E-state index contributed by atoms with van der Waals surface area (Å²) in [4.78, 5) is 62.4. The zero-order chi connectivity index (χ0) is 36.6. The van der Waals surface area contributed by atoms with E-state index in [1.54, 1.807) is 17.2 Å². The molecule has 0 spiro atoms. The number of aromatic nitrogens is 1. The predicted octanol–water partition coefficient (Wildman–Crippen LogP) is 5.67. The molecule has 0 unspecified atom stereocenters. The second-order valence-electron chi connectivity index (χ2n) is 15.6. The Morgan fingerprint density at radius 3 is 2.60 bits per heavy atom. The summed E-state index contributed by atoms with van der Waals surface area (Å²) in [6.45, 7) is 5.80. The zero-order valence-electron chi connectivity index (χ0n) is 29.8. The molecule has 1 N–H and O–H groups in total. The smallest absolute Gasteiger partial charge is 0.306 e. The number of cyclic esters (lactones) is 1. The number of Topliss-reactive ketones (excluding diaryl/α,β-unsaturated/α-hetero) is 1. The van der Waals surface area contributed by atoms with E-state index in [9.17, 15) is 27.6 Å². The minimum absolute atomic E-state index is 0.0372. The van der Waals surface area contributed by atoms with Crippen molar-refractivity contribution in [2.75, 3.05) is 6.54 Å². The number of carbonyl (C=O) groups is 4. The first kappa shape index (κ1) is 36.3. The van der Waals surface area contributed by atoms with Gasteiger partial charge in [-0.3, -0.25) is 23.9 Å². The minimum atomic E-state index is -3.83.